The number of phenolic OH excluding ortho intramolecular Hbond substituents is 1. The van der Waals surface area contributed by atoms with Crippen LogP contribution in [0.3, 0.4) is 0 Å². The summed E-state index contributed by atoms with van der Waals surface area (Å²) in [5.41, 5.74) is 6.82. The Kier molecular flexibility index (Phi) is 5.15. The number of carbonyl (C=O) groups excluding carboxylic acids is 1. The number of nitrogens with two attached hydrogens (primary N) is 1. The van der Waals surface area contributed by atoms with Gasteiger partial charge in [-0.25, -0.2) is 0 Å². The normalized spacial score (nSPS) is 11.7. The number of aromatic hydroxyl groups is 1. The number of fused-ring (bicyclic) bond motifs is 1. The Labute approximate surface area is 117 Å². The summed E-state index contributed by atoms with van der Waals surface area (Å²) < 4.78 is 4.59. The maximum Gasteiger partial charge on any atom is 0.307 e. The van der Waals surface area contributed by atoms with E-state index < -0.39 is 0 Å². The molecule has 2 aromatic rings. The Bertz CT molecular complexity index is 586. The quantitative estimate of drug-likeness (QED) is 0.848. The molecule has 0 radical (unpaired) electrons. The maximum atomic E-state index is 11.2. The van der Waals surface area contributed by atoms with Crippen LogP contribution in [0.1, 0.15) is 18.0 Å². The minimum Gasteiger partial charge on any atom is -0.508 e. The van der Waals surface area contributed by atoms with Crippen molar-refractivity contribution in [2.75, 3.05) is 7.11 Å². The Morgan fingerprint density at radius 2 is 1.89 bits per heavy atom. The van der Waals surface area contributed by atoms with Gasteiger partial charge in [0.2, 0.25) is 0 Å². The van der Waals surface area contributed by atoms with Crippen LogP contribution in [0.5, 0.6) is 5.75 Å². The molecule has 0 fully saturated rings. The number of halogens is 1. The highest BCUT2D eigenvalue weighted by Crippen LogP contribution is 2.24. The average Bonchev–Trinajstić information content (AvgIpc) is 2.37. The fourth-order valence-corrected chi connectivity index (χ4v) is 1.86. The van der Waals surface area contributed by atoms with Crippen molar-refractivity contribution >= 4 is 29.1 Å². The second-order valence-corrected chi connectivity index (χ2v) is 4.18. The Balaban J connectivity index is 0.00000180. The second kappa shape index (κ2) is 6.41. The van der Waals surface area contributed by atoms with E-state index in [4.69, 9.17) is 5.73 Å². The molecule has 4 nitrogen and oxygen atoms in total. The first-order valence-electron chi connectivity index (χ1n) is 5.65. The standard InChI is InChI=1S/C14H15NO3.ClH/c1-18-14(17)8-13(15)11-3-2-10-7-12(16)5-4-9(10)6-11;/h2-7,13,16H,8,15H2,1H3;1H/t13-;/m1./s1. The van der Waals surface area contributed by atoms with Gasteiger partial charge in [-0.3, -0.25) is 4.79 Å². The van der Waals surface area contributed by atoms with Crippen LogP contribution in [0.2, 0.25) is 0 Å². The zero-order chi connectivity index (χ0) is 13.1. The molecule has 0 aliphatic heterocycles. The van der Waals surface area contributed by atoms with Gasteiger partial charge in [0.25, 0.3) is 0 Å². The predicted molar refractivity (Wildman–Crippen MR) is 76.4 cm³/mol. The zero-order valence-corrected chi connectivity index (χ0v) is 11.3. The maximum absolute atomic E-state index is 11.2. The Hall–Kier alpha value is -1.78. The Morgan fingerprint density at radius 3 is 2.58 bits per heavy atom. The zero-order valence-electron chi connectivity index (χ0n) is 10.5. The topological polar surface area (TPSA) is 72.5 Å². The number of methoxy groups -OCH3 is 1. The van der Waals surface area contributed by atoms with Gasteiger partial charge in [0, 0.05) is 6.04 Å². The third kappa shape index (κ3) is 3.59. The lowest BCUT2D eigenvalue weighted by molar-refractivity contribution is -0.141. The number of phenols is 1. The van der Waals surface area contributed by atoms with Crippen LogP contribution in [-0.2, 0) is 9.53 Å². The lowest BCUT2D eigenvalue weighted by Crippen LogP contribution is -2.16. The highest BCUT2D eigenvalue weighted by molar-refractivity contribution is 5.85. The van der Waals surface area contributed by atoms with Gasteiger partial charge < -0.3 is 15.6 Å². The van der Waals surface area contributed by atoms with Crippen molar-refractivity contribution in [2.45, 2.75) is 12.5 Å². The summed E-state index contributed by atoms with van der Waals surface area (Å²) in [4.78, 5) is 11.2. The number of hydrogen-bond donors (Lipinski definition) is 2. The molecule has 2 aromatic carbocycles. The van der Waals surface area contributed by atoms with Crippen molar-refractivity contribution in [3.8, 4) is 5.75 Å². The van der Waals surface area contributed by atoms with Crippen LogP contribution >= 0.6 is 12.4 Å². The summed E-state index contributed by atoms with van der Waals surface area (Å²) in [6.45, 7) is 0. The number of carbonyl (C=O) groups is 1. The van der Waals surface area contributed by atoms with E-state index in [1.165, 1.54) is 7.11 Å². The largest absolute Gasteiger partial charge is 0.508 e. The highest BCUT2D eigenvalue weighted by Gasteiger charge is 2.12. The predicted octanol–water partition coefficient (Wildman–Crippen LogP) is 2.53. The van der Waals surface area contributed by atoms with Gasteiger partial charge in [-0.15, -0.1) is 12.4 Å². The lowest BCUT2D eigenvalue weighted by Gasteiger charge is -2.11. The molecule has 0 aromatic heterocycles. The molecule has 0 bridgehead atoms. The van der Waals surface area contributed by atoms with Crippen LogP contribution in [0, 0.1) is 0 Å². The van der Waals surface area contributed by atoms with Crippen LogP contribution < -0.4 is 5.73 Å². The summed E-state index contributed by atoms with van der Waals surface area (Å²) in [5, 5.41) is 11.3. The molecule has 19 heavy (non-hydrogen) atoms. The molecule has 0 aliphatic rings. The summed E-state index contributed by atoms with van der Waals surface area (Å²) >= 11 is 0. The van der Waals surface area contributed by atoms with E-state index in [1.54, 1.807) is 12.1 Å². The highest BCUT2D eigenvalue weighted by atomic mass is 35.5. The third-order valence-corrected chi connectivity index (χ3v) is 2.89. The molecule has 3 N–H and O–H groups in total. The molecule has 102 valence electrons. The second-order valence-electron chi connectivity index (χ2n) is 4.18. The number of rotatable bonds is 3. The van der Waals surface area contributed by atoms with Gasteiger partial charge >= 0.3 is 5.97 Å². The van der Waals surface area contributed by atoms with Crippen molar-refractivity contribution in [3.63, 3.8) is 0 Å². The fraction of sp³-hybridized carbons (Fsp3) is 0.214. The van der Waals surface area contributed by atoms with E-state index >= 15 is 0 Å². The van der Waals surface area contributed by atoms with Crippen LogP contribution in [0.4, 0.5) is 0 Å². The SMILES string of the molecule is COC(=O)C[C@@H](N)c1ccc2cc(O)ccc2c1.Cl. The molecule has 5 heteroatoms. The van der Waals surface area contributed by atoms with Gasteiger partial charge in [0.15, 0.2) is 0 Å². The van der Waals surface area contributed by atoms with Crippen molar-refractivity contribution in [2.24, 2.45) is 5.73 Å². The van der Waals surface area contributed by atoms with Crippen LogP contribution in [-0.4, -0.2) is 18.2 Å². The molecule has 0 spiro atoms. The molecule has 0 amide bonds. The van der Waals surface area contributed by atoms with Gasteiger partial charge in [-0.2, -0.15) is 0 Å². The smallest absolute Gasteiger partial charge is 0.307 e. The molecule has 0 saturated carbocycles. The molecule has 0 unspecified atom stereocenters. The van der Waals surface area contributed by atoms with Gasteiger partial charge in [-0.1, -0.05) is 18.2 Å². The first-order valence-corrected chi connectivity index (χ1v) is 5.65. The van der Waals surface area contributed by atoms with Crippen molar-refractivity contribution in [1.82, 2.24) is 0 Å². The first kappa shape index (κ1) is 15.3. The Morgan fingerprint density at radius 1 is 1.26 bits per heavy atom. The molecule has 0 heterocycles. The summed E-state index contributed by atoms with van der Waals surface area (Å²) in [7, 11) is 1.35. The molecular formula is C14H16ClNO3. The number of benzene rings is 2. The number of ether oxygens (including phenoxy) is 1. The van der Waals surface area contributed by atoms with Crippen LogP contribution in [0.25, 0.3) is 10.8 Å². The molecule has 2 rings (SSSR count). The minimum atomic E-state index is -0.379. The van der Waals surface area contributed by atoms with Crippen molar-refractivity contribution in [1.29, 1.82) is 0 Å². The van der Waals surface area contributed by atoms with Crippen molar-refractivity contribution in [3.05, 3.63) is 42.0 Å². The van der Waals surface area contributed by atoms with E-state index in [1.807, 2.05) is 24.3 Å². The summed E-state index contributed by atoms with van der Waals surface area (Å²) in [5.74, 6) is -0.0950. The summed E-state index contributed by atoms with van der Waals surface area (Å²) in [6, 6.07) is 10.4. The minimum absolute atomic E-state index is 0. The average molecular weight is 282 g/mol. The van der Waals surface area contributed by atoms with Gasteiger partial charge in [0.1, 0.15) is 5.75 Å². The van der Waals surface area contributed by atoms with E-state index in [9.17, 15) is 9.90 Å². The fourth-order valence-electron chi connectivity index (χ4n) is 1.86. The number of esters is 1. The first-order chi connectivity index (χ1) is 8.60. The van der Waals surface area contributed by atoms with E-state index in [-0.39, 0.29) is 36.6 Å². The van der Waals surface area contributed by atoms with E-state index in [2.05, 4.69) is 4.74 Å². The van der Waals surface area contributed by atoms with Crippen molar-refractivity contribution < 1.29 is 14.6 Å². The van der Waals surface area contributed by atoms with E-state index in [0.29, 0.717) is 0 Å². The lowest BCUT2D eigenvalue weighted by atomic mass is 10.0. The molecular weight excluding hydrogens is 266 g/mol. The summed E-state index contributed by atoms with van der Waals surface area (Å²) in [6.07, 6.45) is 0.153. The molecule has 0 saturated heterocycles. The van der Waals surface area contributed by atoms with Crippen LogP contribution in [0.15, 0.2) is 36.4 Å². The van der Waals surface area contributed by atoms with Gasteiger partial charge in [0.05, 0.1) is 13.5 Å². The number of hydrogen-bond acceptors (Lipinski definition) is 4. The van der Waals surface area contributed by atoms with E-state index in [0.717, 1.165) is 16.3 Å². The third-order valence-electron chi connectivity index (χ3n) is 2.89. The molecule has 0 aliphatic carbocycles. The van der Waals surface area contributed by atoms with Gasteiger partial charge in [-0.05, 0) is 34.5 Å². The monoisotopic (exact) mass is 281 g/mol. The molecule has 1 atom stereocenters.